The first-order valence-electron chi connectivity index (χ1n) is 4.53. The van der Waals surface area contributed by atoms with Gasteiger partial charge in [0, 0.05) is 13.0 Å². The molecule has 70 valence electrons. The summed E-state index contributed by atoms with van der Waals surface area (Å²) < 4.78 is 2.00. The lowest BCUT2D eigenvalue weighted by atomic mass is 10.1. The molecule has 1 aliphatic heterocycles. The highest BCUT2D eigenvalue weighted by atomic mass is 16.1. The van der Waals surface area contributed by atoms with E-state index in [0.29, 0.717) is 12.3 Å². The predicted molar refractivity (Wildman–Crippen MR) is 49.6 cm³/mol. The van der Waals surface area contributed by atoms with Crippen LogP contribution < -0.4 is 5.32 Å². The summed E-state index contributed by atoms with van der Waals surface area (Å²) in [6, 6.07) is 0. The van der Waals surface area contributed by atoms with E-state index in [1.807, 2.05) is 4.57 Å². The molecule has 0 radical (unpaired) electrons. The number of amides is 1. The molecule has 4 nitrogen and oxygen atoms in total. The van der Waals surface area contributed by atoms with Crippen LogP contribution in [0.1, 0.15) is 31.9 Å². The summed E-state index contributed by atoms with van der Waals surface area (Å²) in [5.74, 6) is 1.33. The van der Waals surface area contributed by atoms with Gasteiger partial charge in [0.1, 0.15) is 5.82 Å². The third-order valence-electron chi connectivity index (χ3n) is 2.25. The van der Waals surface area contributed by atoms with Crippen molar-refractivity contribution in [3.8, 4) is 0 Å². The lowest BCUT2D eigenvalue weighted by Gasteiger charge is -2.17. The van der Waals surface area contributed by atoms with Gasteiger partial charge in [0.15, 0.2) is 0 Å². The van der Waals surface area contributed by atoms with E-state index in [-0.39, 0.29) is 5.91 Å². The molecule has 0 fully saturated rings. The Morgan fingerprint density at radius 3 is 3.08 bits per heavy atom. The number of imidazole rings is 1. The summed E-state index contributed by atoms with van der Waals surface area (Å²) >= 11 is 0. The van der Waals surface area contributed by atoms with Gasteiger partial charge in [-0.15, -0.1) is 0 Å². The number of hydrogen-bond donors (Lipinski definition) is 1. The van der Waals surface area contributed by atoms with Crippen LogP contribution in [0, 0.1) is 0 Å². The fourth-order valence-electron chi connectivity index (χ4n) is 1.54. The van der Waals surface area contributed by atoms with E-state index in [4.69, 9.17) is 0 Å². The smallest absolute Gasteiger partial charge is 0.227 e. The lowest BCUT2D eigenvalue weighted by Crippen LogP contribution is -2.23. The molecule has 13 heavy (non-hydrogen) atoms. The number of aromatic nitrogens is 2. The van der Waals surface area contributed by atoms with Crippen LogP contribution in [0.3, 0.4) is 0 Å². The zero-order valence-electron chi connectivity index (χ0n) is 7.87. The number of hydrogen-bond acceptors (Lipinski definition) is 2. The van der Waals surface area contributed by atoms with E-state index in [1.165, 1.54) is 0 Å². The zero-order chi connectivity index (χ0) is 9.42. The van der Waals surface area contributed by atoms with Gasteiger partial charge in [0.05, 0.1) is 12.0 Å². The minimum atomic E-state index is 0.0925. The van der Waals surface area contributed by atoms with Gasteiger partial charge in [-0.05, 0) is 5.92 Å². The van der Waals surface area contributed by atoms with Crippen LogP contribution in [-0.4, -0.2) is 15.5 Å². The van der Waals surface area contributed by atoms with Crippen LogP contribution in [0.5, 0.6) is 0 Å². The minimum absolute atomic E-state index is 0.0925. The van der Waals surface area contributed by atoms with Crippen LogP contribution in [0.25, 0.3) is 0 Å². The Hall–Kier alpha value is -1.32. The van der Waals surface area contributed by atoms with Gasteiger partial charge in [-0.25, -0.2) is 4.98 Å². The molecule has 4 heteroatoms. The quantitative estimate of drug-likeness (QED) is 0.707. The molecule has 0 saturated heterocycles. The topological polar surface area (TPSA) is 46.9 Å². The molecule has 0 aliphatic carbocycles. The van der Waals surface area contributed by atoms with Gasteiger partial charge < -0.3 is 9.88 Å². The van der Waals surface area contributed by atoms with Crippen LogP contribution in [-0.2, 0) is 11.3 Å². The summed E-state index contributed by atoms with van der Waals surface area (Å²) in [7, 11) is 0. The van der Waals surface area contributed by atoms with Crippen molar-refractivity contribution < 1.29 is 4.79 Å². The van der Waals surface area contributed by atoms with Gasteiger partial charge in [0.2, 0.25) is 5.91 Å². The Morgan fingerprint density at radius 2 is 2.38 bits per heavy atom. The molecular weight excluding hydrogens is 166 g/mol. The number of aryl methyl sites for hydroxylation is 1. The van der Waals surface area contributed by atoms with Crippen LogP contribution >= 0.6 is 0 Å². The Balaban J connectivity index is 2.41. The van der Waals surface area contributed by atoms with Gasteiger partial charge in [0.25, 0.3) is 0 Å². The molecule has 1 aliphatic rings. The normalized spacial score (nSPS) is 15.8. The Morgan fingerprint density at radius 1 is 1.62 bits per heavy atom. The van der Waals surface area contributed by atoms with Crippen molar-refractivity contribution in [1.29, 1.82) is 0 Å². The molecule has 1 aromatic heterocycles. The predicted octanol–water partition coefficient (Wildman–Crippen LogP) is 1.35. The summed E-state index contributed by atoms with van der Waals surface area (Å²) in [5.41, 5.74) is 0.980. The molecule has 1 amide bonds. The largest absolute Gasteiger partial charge is 0.317 e. The molecule has 1 aromatic rings. The second kappa shape index (κ2) is 2.87. The SMILES string of the molecule is CC(C)c1ncn2c1NC(=O)CC2. The Labute approximate surface area is 77.0 Å². The summed E-state index contributed by atoms with van der Waals surface area (Å²) in [6.45, 7) is 4.90. The van der Waals surface area contributed by atoms with Crippen LogP contribution in [0.2, 0.25) is 0 Å². The third-order valence-corrected chi connectivity index (χ3v) is 2.25. The molecule has 0 atom stereocenters. The molecule has 0 saturated carbocycles. The van der Waals surface area contributed by atoms with Crippen molar-refractivity contribution in [3.63, 3.8) is 0 Å². The van der Waals surface area contributed by atoms with Gasteiger partial charge in [-0.2, -0.15) is 0 Å². The number of carbonyl (C=O) groups is 1. The van der Waals surface area contributed by atoms with Crippen molar-refractivity contribution in [2.75, 3.05) is 5.32 Å². The lowest BCUT2D eigenvalue weighted by molar-refractivity contribution is -0.116. The second-order valence-corrected chi connectivity index (χ2v) is 3.62. The Bertz CT molecular complexity index is 341. The highest BCUT2D eigenvalue weighted by Crippen LogP contribution is 2.25. The summed E-state index contributed by atoms with van der Waals surface area (Å²) in [6.07, 6.45) is 2.35. The van der Waals surface area contributed by atoms with Gasteiger partial charge in [-0.1, -0.05) is 13.8 Å². The van der Waals surface area contributed by atoms with Crippen LogP contribution in [0.15, 0.2) is 6.33 Å². The highest BCUT2D eigenvalue weighted by molar-refractivity contribution is 5.91. The van der Waals surface area contributed by atoms with E-state index < -0.39 is 0 Å². The monoisotopic (exact) mass is 179 g/mol. The minimum Gasteiger partial charge on any atom is -0.317 e. The summed E-state index contributed by atoms with van der Waals surface area (Å²) in [5, 5.41) is 2.85. The first kappa shape index (κ1) is 8.29. The number of nitrogens with one attached hydrogen (secondary N) is 1. The van der Waals surface area contributed by atoms with Crippen molar-refractivity contribution in [2.45, 2.75) is 32.7 Å². The second-order valence-electron chi connectivity index (χ2n) is 3.62. The highest BCUT2D eigenvalue weighted by Gasteiger charge is 2.20. The van der Waals surface area contributed by atoms with E-state index in [0.717, 1.165) is 18.1 Å². The van der Waals surface area contributed by atoms with Gasteiger partial charge in [-0.3, -0.25) is 4.79 Å². The van der Waals surface area contributed by atoms with Crippen molar-refractivity contribution >= 4 is 11.7 Å². The van der Waals surface area contributed by atoms with Crippen molar-refractivity contribution in [3.05, 3.63) is 12.0 Å². The average molecular weight is 179 g/mol. The first-order valence-corrected chi connectivity index (χ1v) is 4.53. The number of rotatable bonds is 1. The number of carbonyl (C=O) groups excluding carboxylic acids is 1. The Kier molecular flexibility index (Phi) is 1.83. The molecule has 1 N–H and O–H groups in total. The fraction of sp³-hybridized carbons (Fsp3) is 0.556. The first-order chi connectivity index (χ1) is 6.18. The molecule has 2 rings (SSSR count). The average Bonchev–Trinajstić information content (AvgIpc) is 2.46. The maximum absolute atomic E-state index is 11.1. The van der Waals surface area contributed by atoms with E-state index in [9.17, 15) is 4.79 Å². The molecule has 2 heterocycles. The van der Waals surface area contributed by atoms with Crippen molar-refractivity contribution in [2.24, 2.45) is 0 Å². The zero-order valence-corrected chi connectivity index (χ0v) is 7.87. The fourth-order valence-corrected chi connectivity index (χ4v) is 1.54. The van der Waals surface area contributed by atoms with E-state index in [2.05, 4.69) is 24.1 Å². The number of fused-ring (bicyclic) bond motifs is 1. The van der Waals surface area contributed by atoms with Gasteiger partial charge >= 0.3 is 0 Å². The molecule has 0 unspecified atom stereocenters. The van der Waals surface area contributed by atoms with E-state index >= 15 is 0 Å². The third kappa shape index (κ3) is 1.32. The molecule has 0 bridgehead atoms. The molecule has 0 aromatic carbocycles. The maximum atomic E-state index is 11.1. The molecule has 0 spiro atoms. The maximum Gasteiger partial charge on any atom is 0.227 e. The van der Waals surface area contributed by atoms with Crippen LogP contribution in [0.4, 0.5) is 5.82 Å². The number of nitrogens with zero attached hydrogens (tertiary/aromatic N) is 2. The van der Waals surface area contributed by atoms with Crippen molar-refractivity contribution in [1.82, 2.24) is 9.55 Å². The van der Waals surface area contributed by atoms with E-state index in [1.54, 1.807) is 6.33 Å². The number of anilines is 1. The summed E-state index contributed by atoms with van der Waals surface area (Å²) in [4.78, 5) is 15.4. The standard InChI is InChI=1S/C9H13N3O/c1-6(2)8-9-11-7(13)3-4-12(9)5-10-8/h5-6H,3-4H2,1-2H3,(H,11,13). The molecular formula is C9H13N3O.